The van der Waals surface area contributed by atoms with Gasteiger partial charge in [0.15, 0.2) is 11.6 Å². The van der Waals surface area contributed by atoms with Crippen LogP contribution >= 0.6 is 11.3 Å². The highest BCUT2D eigenvalue weighted by Gasteiger charge is 2.25. The van der Waals surface area contributed by atoms with Crippen molar-refractivity contribution in [3.05, 3.63) is 51.0 Å². The molecular formula is C23H26N2O4S. The molecule has 0 saturated heterocycles. The lowest BCUT2D eigenvalue weighted by atomic mass is 9.87. The molecule has 3 rings (SSSR count). The lowest BCUT2D eigenvalue weighted by Gasteiger charge is -2.18. The van der Waals surface area contributed by atoms with E-state index in [1.807, 2.05) is 51.4 Å². The van der Waals surface area contributed by atoms with E-state index in [0.29, 0.717) is 11.4 Å². The summed E-state index contributed by atoms with van der Waals surface area (Å²) >= 11 is 1.37. The fourth-order valence-electron chi connectivity index (χ4n) is 3.32. The summed E-state index contributed by atoms with van der Waals surface area (Å²) in [7, 11) is 1.81. The number of fused-ring (bicyclic) bond motifs is 1. The number of anilines is 1. The molecule has 0 radical (unpaired) electrons. The maximum atomic E-state index is 12.7. The third-order valence-electron chi connectivity index (χ3n) is 4.64. The van der Waals surface area contributed by atoms with Gasteiger partial charge in [-0.25, -0.2) is 4.98 Å². The summed E-state index contributed by atoms with van der Waals surface area (Å²) in [6, 6.07) is 5.74. The highest BCUT2D eigenvalue weighted by atomic mass is 32.1. The Hall–Kier alpha value is -2.80. The lowest BCUT2D eigenvalue weighted by Crippen LogP contribution is -2.24. The molecule has 0 amide bonds. The largest absolute Gasteiger partial charge is 0.460 e. The van der Waals surface area contributed by atoms with Crippen LogP contribution in [0, 0.1) is 0 Å². The molecule has 6 nitrogen and oxygen atoms in total. The monoisotopic (exact) mass is 426 g/mol. The van der Waals surface area contributed by atoms with Crippen molar-refractivity contribution in [3.8, 4) is 0 Å². The first-order valence-corrected chi connectivity index (χ1v) is 10.8. The Bertz CT molecular complexity index is 1010. The molecule has 1 aromatic heterocycles. The Labute approximate surface area is 180 Å². The van der Waals surface area contributed by atoms with E-state index >= 15 is 0 Å². The van der Waals surface area contributed by atoms with Crippen LogP contribution in [0.4, 0.5) is 5.69 Å². The number of hydrogen-bond acceptors (Lipinski definition) is 7. The van der Waals surface area contributed by atoms with Crippen molar-refractivity contribution >= 4 is 40.6 Å². The Kier molecular flexibility index (Phi) is 6.51. The minimum atomic E-state index is -0.531. The molecule has 158 valence electrons. The van der Waals surface area contributed by atoms with Gasteiger partial charge >= 0.3 is 5.97 Å². The molecule has 30 heavy (non-hydrogen) atoms. The van der Waals surface area contributed by atoms with Crippen LogP contribution in [-0.2, 0) is 38.4 Å². The fourth-order valence-corrected chi connectivity index (χ4v) is 4.14. The molecule has 1 aromatic carbocycles. The van der Waals surface area contributed by atoms with Crippen LogP contribution in [0.3, 0.4) is 0 Å². The summed E-state index contributed by atoms with van der Waals surface area (Å²) in [4.78, 5) is 41.6. The lowest BCUT2D eigenvalue weighted by molar-refractivity contribution is -0.153. The van der Waals surface area contributed by atoms with E-state index in [4.69, 9.17) is 4.74 Å². The van der Waals surface area contributed by atoms with Gasteiger partial charge in [-0.05, 0) is 50.5 Å². The van der Waals surface area contributed by atoms with Crippen molar-refractivity contribution in [3.63, 3.8) is 0 Å². The number of ether oxygens (including phenoxy) is 1. The number of esters is 1. The number of benzene rings is 1. The van der Waals surface area contributed by atoms with E-state index < -0.39 is 5.60 Å². The van der Waals surface area contributed by atoms with Crippen LogP contribution in [0.5, 0.6) is 0 Å². The van der Waals surface area contributed by atoms with E-state index in [9.17, 15) is 14.4 Å². The third kappa shape index (κ3) is 5.42. The molecule has 0 fully saturated rings. The standard InChI is InChI=1S/C23H26N2O4S/c1-23(2,3)29-22(28)12-21-25-15(13-30-21)8-9-19(26)17-10-14-6-5-7-18(24-4)16(14)11-20(17)27/h5-7,10,13,24H,8-9,11-12H2,1-4H3. The Balaban J connectivity index is 1.62. The maximum absolute atomic E-state index is 12.7. The first-order valence-electron chi connectivity index (χ1n) is 9.89. The van der Waals surface area contributed by atoms with E-state index in [1.165, 1.54) is 11.3 Å². The topological polar surface area (TPSA) is 85.4 Å². The maximum Gasteiger partial charge on any atom is 0.313 e. The van der Waals surface area contributed by atoms with Gasteiger partial charge in [0, 0.05) is 31.0 Å². The molecule has 1 N–H and O–H groups in total. The SMILES string of the molecule is CNc1cccc2c1CC(=O)C(C(=O)CCc1csc(CC(=O)OC(C)(C)C)n1)=C2. The van der Waals surface area contributed by atoms with Crippen LogP contribution in [0.15, 0.2) is 29.2 Å². The van der Waals surface area contributed by atoms with Gasteiger partial charge in [-0.2, -0.15) is 0 Å². The average Bonchev–Trinajstić information content (AvgIpc) is 3.10. The van der Waals surface area contributed by atoms with Crippen molar-refractivity contribution in [1.29, 1.82) is 0 Å². The van der Waals surface area contributed by atoms with Gasteiger partial charge in [-0.15, -0.1) is 11.3 Å². The number of nitrogens with zero attached hydrogens (tertiary/aromatic N) is 1. The number of Topliss-reactive ketones (excluding diaryl/α,β-unsaturated/α-hetero) is 2. The second kappa shape index (κ2) is 8.92. The molecule has 0 atom stereocenters. The predicted octanol–water partition coefficient (Wildman–Crippen LogP) is 3.78. The molecule has 1 heterocycles. The number of aryl methyl sites for hydroxylation is 1. The summed E-state index contributed by atoms with van der Waals surface area (Å²) in [6.45, 7) is 5.47. The van der Waals surface area contributed by atoms with Crippen LogP contribution in [0.1, 0.15) is 49.0 Å². The fraction of sp³-hybridized carbons (Fsp3) is 0.391. The summed E-state index contributed by atoms with van der Waals surface area (Å²) in [5, 5.41) is 5.59. The Morgan fingerprint density at radius 1 is 1.27 bits per heavy atom. The summed E-state index contributed by atoms with van der Waals surface area (Å²) in [5.41, 5.74) is 3.19. The van der Waals surface area contributed by atoms with Crippen LogP contribution < -0.4 is 5.32 Å². The van der Waals surface area contributed by atoms with Crippen molar-refractivity contribution in [2.45, 2.75) is 52.1 Å². The zero-order chi connectivity index (χ0) is 21.9. The van der Waals surface area contributed by atoms with Crippen molar-refractivity contribution < 1.29 is 19.1 Å². The smallest absolute Gasteiger partial charge is 0.313 e. The van der Waals surface area contributed by atoms with Crippen LogP contribution in [0.2, 0.25) is 0 Å². The molecular weight excluding hydrogens is 400 g/mol. The van der Waals surface area contributed by atoms with Crippen molar-refractivity contribution in [2.75, 3.05) is 12.4 Å². The number of hydrogen-bond donors (Lipinski definition) is 1. The van der Waals surface area contributed by atoms with Gasteiger partial charge in [0.2, 0.25) is 0 Å². The van der Waals surface area contributed by atoms with Gasteiger partial charge in [-0.1, -0.05) is 12.1 Å². The second-order valence-electron chi connectivity index (χ2n) is 8.20. The number of carbonyl (C=O) groups excluding carboxylic acids is 3. The molecule has 1 aliphatic rings. The van der Waals surface area contributed by atoms with E-state index in [-0.39, 0.29) is 42.4 Å². The number of rotatable bonds is 7. The number of thiazole rings is 1. The molecule has 0 spiro atoms. The molecule has 2 aromatic rings. The first kappa shape index (κ1) is 21.9. The van der Waals surface area contributed by atoms with Gasteiger partial charge in [-0.3, -0.25) is 14.4 Å². The molecule has 7 heteroatoms. The average molecular weight is 427 g/mol. The Morgan fingerprint density at radius 2 is 2.03 bits per heavy atom. The van der Waals surface area contributed by atoms with E-state index in [1.54, 1.807) is 6.08 Å². The molecule has 0 bridgehead atoms. The molecule has 0 saturated carbocycles. The number of carbonyl (C=O) groups is 3. The number of ketones is 2. The van der Waals surface area contributed by atoms with E-state index in [0.717, 1.165) is 22.5 Å². The second-order valence-corrected chi connectivity index (χ2v) is 9.14. The highest BCUT2D eigenvalue weighted by molar-refractivity contribution is 7.09. The minimum absolute atomic E-state index is 0.115. The van der Waals surface area contributed by atoms with Crippen molar-refractivity contribution in [1.82, 2.24) is 4.98 Å². The third-order valence-corrected chi connectivity index (χ3v) is 5.54. The minimum Gasteiger partial charge on any atom is -0.460 e. The molecule has 0 aliphatic heterocycles. The van der Waals surface area contributed by atoms with Crippen LogP contribution in [0.25, 0.3) is 6.08 Å². The van der Waals surface area contributed by atoms with Gasteiger partial charge < -0.3 is 10.1 Å². The van der Waals surface area contributed by atoms with Gasteiger partial charge in [0.05, 0.1) is 17.7 Å². The van der Waals surface area contributed by atoms with Gasteiger partial charge in [0.25, 0.3) is 0 Å². The van der Waals surface area contributed by atoms with E-state index in [2.05, 4.69) is 10.3 Å². The van der Waals surface area contributed by atoms with Crippen molar-refractivity contribution in [2.24, 2.45) is 0 Å². The zero-order valence-corrected chi connectivity index (χ0v) is 18.5. The highest BCUT2D eigenvalue weighted by Crippen LogP contribution is 2.29. The first-order chi connectivity index (χ1) is 14.2. The zero-order valence-electron chi connectivity index (χ0n) is 17.7. The predicted molar refractivity (Wildman–Crippen MR) is 118 cm³/mol. The Morgan fingerprint density at radius 3 is 2.73 bits per heavy atom. The van der Waals surface area contributed by atoms with Gasteiger partial charge in [0.1, 0.15) is 10.6 Å². The molecule has 0 unspecified atom stereocenters. The summed E-state index contributed by atoms with van der Waals surface area (Å²) in [6.07, 6.45) is 2.66. The number of aromatic nitrogens is 1. The number of nitrogens with one attached hydrogen (secondary N) is 1. The molecule has 1 aliphatic carbocycles. The normalized spacial score (nSPS) is 13.5. The summed E-state index contributed by atoms with van der Waals surface area (Å²) in [5.74, 6) is -0.654. The summed E-state index contributed by atoms with van der Waals surface area (Å²) < 4.78 is 5.31. The quantitative estimate of drug-likeness (QED) is 0.536. The number of allylic oxidation sites excluding steroid dienone is 1. The van der Waals surface area contributed by atoms with Crippen LogP contribution in [-0.4, -0.2) is 35.2 Å².